The van der Waals surface area contributed by atoms with Gasteiger partial charge in [0.2, 0.25) is 0 Å². The van der Waals surface area contributed by atoms with Gasteiger partial charge in [0.25, 0.3) is 11.7 Å². The average molecular weight is 287 g/mol. The van der Waals surface area contributed by atoms with Gasteiger partial charge in [0.1, 0.15) is 0 Å². The molecule has 1 aliphatic rings. The fraction of sp³-hybridized carbons (Fsp3) is 0.312. The minimum Gasteiger partial charge on any atom is -0.478 e. The van der Waals surface area contributed by atoms with Crippen LogP contribution < -0.4 is 4.90 Å². The van der Waals surface area contributed by atoms with Crippen LogP contribution in [0, 0.1) is 13.8 Å². The Morgan fingerprint density at radius 2 is 1.95 bits per heavy atom. The van der Waals surface area contributed by atoms with Crippen LogP contribution in [-0.2, 0) is 9.59 Å². The van der Waals surface area contributed by atoms with E-state index in [1.165, 1.54) is 11.0 Å². The number of rotatable bonds is 4. The van der Waals surface area contributed by atoms with E-state index in [0.717, 1.165) is 11.1 Å². The highest BCUT2D eigenvalue weighted by Crippen LogP contribution is 2.34. The Morgan fingerprint density at radius 3 is 2.52 bits per heavy atom. The topological polar surface area (TPSA) is 74.7 Å². The monoisotopic (exact) mass is 287 g/mol. The van der Waals surface area contributed by atoms with Gasteiger partial charge >= 0.3 is 5.97 Å². The van der Waals surface area contributed by atoms with Gasteiger partial charge in [0.15, 0.2) is 0 Å². The molecule has 0 spiro atoms. The van der Waals surface area contributed by atoms with E-state index in [1.54, 1.807) is 13.0 Å². The number of amides is 1. The van der Waals surface area contributed by atoms with Crippen LogP contribution in [0.4, 0.5) is 5.69 Å². The van der Waals surface area contributed by atoms with Gasteiger partial charge in [0, 0.05) is 12.1 Å². The Hall–Kier alpha value is -2.43. The zero-order valence-corrected chi connectivity index (χ0v) is 12.3. The zero-order valence-electron chi connectivity index (χ0n) is 12.3. The molecule has 1 aliphatic heterocycles. The van der Waals surface area contributed by atoms with Crippen LogP contribution in [-0.4, -0.2) is 29.3 Å². The van der Waals surface area contributed by atoms with Crippen LogP contribution in [0.15, 0.2) is 23.8 Å². The number of Topliss-reactive ketones (excluding diaryl/α,β-unsaturated/α-hetero) is 1. The molecule has 21 heavy (non-hydrogen) atoms. The van der Waals surface area contributed by atoms with Crippen molar-refractivity contribution < 1.29 is 19.5 Å². The van der Waals surface area contributed by atoms with Gasteiger partial charge in [-0.1, -0.05) is 19.1 Å². The molecule has 1 aromatic rings. The summed E-state index contributed by atoms with van der Waals surface area (Å²) in [6, 6.07) is 3.47. The van der Waals surface area contributed by atoms with E-state index in [0.29, 0.717) is 17.7 Å². The highest BCUT2D eigenvalue weighted by molar-refractivity contribution is 6.52. The van der Waals surface area contributed by atoms with Crippen LogP contribution in [0.25, 0.3) is 0 Å². The molecule has 1 aromatic carbocycles. The number of ketones is 1. The van der Waals surface area contributed by atoms with E-state index in [1.807, 2.05) is 19.9 Å². The lowest BCUT2D eigenvalue weighted by molar-refractivity contribution is -0.132. The van der Waals surface area contributed by atoms with Crippen molar-refractivity contribution in [2.45, 2.75) is 27.2 Å². The minimum absolute atomic E-state index is 0.0946. The molecule has 0 bridgehead atoms. The van der Waals surface area contributed by atoms with Crippen molar-refractivity contribution in [1.29, 1.82) is 0 Å². The van der Waals surface area contributed by atoms with Crippen molar-refractivity contribution in [3.05, 3.63) is 40.5 Å². The van der Waals surface area contributed by atoms with E-state index in [2.05, 4.69) is 0 Å². The van der Waals surface area contributed by atoms with Gasteiger partial charge in [-0.15, -0.1) is 0 Å². The maximum atomic E-state index is 12.1. The van der Waals surface area contributed by atoms with Crippen molar-refractivity contribution in [3.63, 3.8) is 0 Å². The molecule has 1 amide bonds. The van der Waals surface area contributed by atoms with Gasteiger partial charge in [-0.05, 0) is 37.5 Å². The van der Waals surface area contributed by atoms with Crippen LogP contribution >= 0.6 is 0 Å². The molecule has 1 N–H and O–H groups in total. The number of carbonyl (C=O) groups is 3. The van der Waals surface area contributed by atoms with Crippen LogP contribution in [0.1, 0.15) is 34.8 Å². The molecule has 1 heterocycles. The number of nitrogens with zero attached hydrogens (tertiary/aromatic N) is 1. The van der Waals surface area contributed by atoms with Gasteiger partial charge in [0.05, 0.1) is 11.3 Å². The summed E-state index contributed by atoms with van der Waals surface area (Å²) in [4.78, 5) is 36.5. The maximum absolute atomic E-state index is 12.1. The summed E-state index contributed by atoms with van der Waals surface area (Å²) < 4.78 is 0. The first-order chi connectivity index (χ1) is 9.88. The Labute approximate surface area is 122 Å². The minimum atomic E-state index is -1.00. The fourth-order valence-corrected chi connectivity index (χ4v) is 2.43. The summed E-state index contributed by atoms with van der Waals surface area (Å²) >= 11 is 0. The molecule has 5 nitrogen and oxygen atoms in total. The van der Waals surface area contributed by atoms with E-state index in [4.69, 9.17) is 5.11 Å². The molecule has 0 fully saturated rings. The number of aliphatic carboxylic acids is 1. The van der Waals surface area contributed by atoms with E-state index in [9.17, 15) is 14.4 Å². The number of hydrogen-bond donors (Lipinski definition) is 1. The third-order valence-corrected chi connectivity index (χ3v) is 3.83. The molecule has 110 valence electrons. The van der Waals surface area contributed by atoms with Crippen molar-refractivity contribution >= 4 is 23.3 Å². The van der Waals surface area contributed by atoms with E-state index < -0.39 is 17.7 Å². The normalized spacial score (nSPS) is 14.6. The zero-order chi connectivity index (χ0) is 15.7. The molecule has 0 atom stereocenters. The molecule has 0 aromatic heterocycles. The van der Waals surface area contributed by atoms with Crippen LogP contribution in [0.3, 0.4) is 0 Å². The number of hydrogen-bond acceptors (Lipinski definition) is 3. The summed E-state index contributed by atoms with van der Waals surface area (Å²) in [5.74, 6) is -2.14. The van der Waals surface area contributed by atoms with E-state index in [-0.39, 0.29) is 12.1 Å². The van der Waals surface area contributed by atoms with Gasteiger partial charge < -0.3 is 10.0 Å². The maximum Gasteiger partial charge on any atom is 0.331 e. The van der Waals surface area contributed by atoms with Gasteiger partial charge in [-0.25, -0.2) is 4.79 Å². The third-order valence-electron chi connectivity index (χ3n) is 3.83. The number of carbonyl (C=O) groups excluding carboxylic acids is 2. The first kappa shape index (κ1) is 15.0. The second-order valence-electron chi connectivity index (χ2n) is 5.04. The Balaban J connectivity index is 2.44. The first-order valence-electron chi connectivity index (χ1n) is 6.77. The highest BCUT2D eigenvalue weighted by Gasteiger charge is 2.36. The van der Waals surface area contributed by atoms with Gasteiger partial charge in [-0.3, -0.25) is 9.59 Å². The Morgan fingerprint density at radius 1 is 1.29 bits per heavy atom. The summed E-state index contributed by atoms with van der Waals surface area (Å²) in [5.41, 5.74) is 3.08. The predicted octanol–water partition coefficient (Wildman–Crippen LogP) is 2.25. The third kappa shape index (κ3) is 2.46. The second-order valence-corrected chi connectivity index (χ2v) is 5.04. The molecular weight excluding hydrogens is 270 g/mol. The molecule has 5 heteroatoms. The lowest BCUT2D eigenvalue weighted by atomic mass is 10.0. The summed E-state index contributed by atoms with van der Waals surface area (Å²) in [5, 5.41) is 9.02. The molecule has 2 rings (SSSR count). The number of aryl methyl sites for hydroxylation is 1. The van der Waals surface area contributed by atoms with Crippen molar-refractivity contribution in [3.8, 4) is 0 Å². The Bertz CT molecular complexity index is 673. The quantitative estimate of drug-likeness (QED) is 0.681. The largest absolute Gasteiger partial charge is 0.478 e. The fourth-order valence-electron chi connectivity index (χ4n) is 2.43. The van der Waals surface area contributed by atoms with E-state index >= 15 is 0 Å². The molecule has 0 saturated carbocycles. The SMILES string of the molecule is CCC(=CCN1C(=O)C(=O)c2ccc(C)c(C)c21)C(=O)O. The number of benzene rings is 1. The molecular formula is C16H17NO4. The van der Waals surface area contributed by atoms with Crippen molar-refractivity contribution in [2.75, 3.05) is 11.4 Å². The number of anilines is 1. The summed E-state index contributed by atoms with van der Waals surface area (Å²) in [6.07, 6.45) is 1.86. The predicted molar refractivity (Wildman–Crippen MR) is 78.6 cm³/mol. The smallest absolute Gasteiger partial charge is 0.331 e. The summed E-state index contributed by atoms with van der Waals surface area (Å²) in [7, 11) is 0. The lowest BCUT2D eigenvalue weighted by Crippen LogP contribution is -2.30. The first-order valence-corrected chi connectivity index (χ1v) is 6.77. The van der Waals surface area contributed by atoms with Crippen molar-refractivity contribution in [1.82, 2.24) is 0 Å². The molecule has 0 unspecified atom stereocenters. The summed E-state index contributed by atoms with van der Waals surface area (Å²) in [6.45, 7) is 5.60. The number of carboxylic acid groups (broad SMARTS) is 1. The van der Waals surface area contributed by atoms with Crippen molar-refractivity contribution in [2.24, 2.45) is 0 Å². The standard InChI is InChI=1S/C16H17NO4/c1-4-11(16(20)21)7-8-17-13-10(3)9(2)5-6-12(13)14(18)15(17)19/h5-7H,4,8H2,1-3H3,(H,20,21). The number of fused-ring (bicyclic) bond motifs is 1. The molecule has 0 radical (unpaired) electrons. The molecule has 0 aliphatic carbocycles. The lowest BCUT2D eigenvalue weighted by Gasteiger charge is -2.18. The number of carboxylic acids is 1. The van der Waals surface area contributed by atoms with Crippen LogP contribution in [0.2, 0.25) is 0 Å². The highest BCUT2D eigenvalue weighted by atomic mass is 16.4. The Kier molecular flexibility index (Phi) is 3.93. The van der Waals surface area contributed by atoms with Gasteiger partial charge in [-0.2, -0.15) is 0 Å². The van der Waals surface area contributed by atoms with Crippen LogP contribution in [0.5, 0.6) is 0 Å². The average Bonchev–Trinajstić information content (AvgIpc) is 2.68. The molecule has 0 saturated heterocycles. The second kappa shape index (κ2) is 5.52.